The molecule has 0 radical (unpaired) electrons. The first-order valence-corrected chi connectivity index (χ1v) is 6.63. The Bertz CT molecular complexity index is 774. The molecule has 0 bridgehead atoms. The molecule has 86 valence electrons. The third kappa shape index (κ3) is 1.60. The molecule has 0 unspecified atom stereocenters. The molecule has 5 heteroatoms. The summed E-state index contributed by atoms with van der Waals surface area (Å²) < 4.78 is 22.6. The Morgan fingerprint density at radius 3 is 2.71 bits per heavy atom. The second kappa shape index (κ2) is 3.32. The molecule has 3 N–H and O–H groups in total. The molecule has 4 nitrogen and oxygen atoms in total. The number of nitrogens with two attached hydrogens (primary N) is 1. The zero-order chi connectivity index (χ0) is 12.0. The molecular formula is C12H10N2O2S. The minimum absolute atomic E-state index is 0.132. The van der Waals surface area contributed by atoms with Crippen LogP contribution in [0.25, 0.3) is 22.0 Å². The lowest BCUT2D eigenvalue weighted by Gasteiger charge is -2.07. The van der Waals surface area contributed by atoms with Crippen LogP contribution in [0.3, 0.4) is 0 Å². The highest BCUT2D eigenvalue weighted by Gasteiger charge is 2.12. The quantitative estimate of drug-likeness (QED) is 0.688. The maximum atomic E-state index is 11.3. The summed E-state index contributed by atoms with van der Waals surface area (Å²) in [6.07, 6.45) is 1.90. The summed E-state index contributed by atoms with van der Waals surface area (Å²) in [4.78, 5) is 3.25. The van der Waals surface area contributed by atoms with Gasteiger partial charge in [0.1, 0.15) is 0 Å². The average Bonchev–Trinajstić information content (AvgIpc) is 2.75. The molecule has 0 spiro atoms. The molecule has 0 aromatic heterocycles. The van der Waals surface area contributed by atoms with E-state index in [1.165, 1.54) is 6.07 Å². The van der Waals surface area contributed by atoms with Gasteiger partial charge in [-0.25, -0.2) is 13.6 Å². The lowest BCUT2D eigenvalue weighted by atomic mass is 10.1. The zero-order valence-corrected chi connectivity index (χ0v) is 9.66. The molecule has 1 heterocycles. The number of rotatable bonds is 1. The van der Waals surface area contributed by atoms with E-state index in [0.29, 0.717) is 0 Å². The summed E-state index contributed by atoms with van der Waals surface area (Å²) in [5.41, 5.74) is 2.95. The van der Waals surface area contributed by atoms with Crippen LogP contribution in [0.15, 0.2) is 47.5 Å². The number of sulfonamides is 1. The lowest BCUT2D eigenvalue weighted by molar-refractivity contribution is 0.598. The summed E-state index contributed by atoms with van der Waals surface area (Å²) in [5, 5.41) is 5.99. The molecule has 0 amide bonds. The topological polar surface area (TPSA) is 76.0 Å². The number of nitrogens with one attached hydrogen (secondary N) is 1. The zero-order valence-electron chi connectivity index (χ0n) is 8.84. The van der Waals surface area contributed by atoms with Crippen LogP contribution in [0.5, 0.6) is 0 Å². The standard InChI is InChI=1S/C12H10N2O2S/c13-17(15,16)9-4-5-12-11(6-9)10-3-1-2-8(10)7-14-12/h1-7,14H,(H2,13,15,16). The number of pyridine rings is 1. The first-order valence-electron chi connectivity index (χ1n) is 5.08. The number of aromatic amines is 1. The number of benzene rings is 1. The van der Waals surface area contributed by atoms with Gasteiger partial charge in [0.05, 0.1) is 4.90 Å². The SMILES string of the molecule is NS(=O)(=O)c1ccc2[nH]cc3cccc-3c2c1. The lowest BCUT2D eigenvalue weighted by Crippen LogP contribution is -2.11. The van der Waals surface area contributed by atoms with Crippen molar-refractivity contribution >= 4 is 20.9 Å². The molecule has 0 saturated heterocycles. The van der Waals surface area contributed by atoms with Crippen molar-refractivity contribution in [2.24, 2.45) is 5.14 Å². The maximum Gasteiger partial charge on any atom is 0.238 e. The molecule has 0 fully saturated rings. The second-order valence-electron chi connectivity index (χ2n) is 3.94. The summed E-state index contributed by atoms with van der Waals surface area (Å²) >= 11 is 0. The molecule has 0 saturated carbocycles. The molecule has 1 aromatic carbocycles. The van der Waals surface area contributed by atoms with Gasteiger partial charge in [0.2, 0.25) is 10.0 Å². The van der Waals surface area contributed by atoms with Crippen molar-refractivity contribution in [3.05, 3.63) is 42.6 Å². The molecule has 1 aliphatic carbocycles. The van der Waals surface area contributed by atoms with Gasteiger partial charge >= 0.3 is 0 Å². The van der Waals surface area contributed by atoms with Crippen molar-refractivity contribution < 1.29 is 8.42 Å². The highest BCUT2D eigenvalue weighted by Crippen LogP contribution is 2.31. The van der Waals surface area contributed by atoms with Crippen molar-refractivity contribution in [1.29, 1.82) is 0 Å². The summed E-state index contributed by atoms with van der Waals surface area (Å²) in [6.45, 7) is 0. The summed E-state index contributed by atoms with van der Waals surface area (Å²) in [5.74, 6) is 0. The van der Waals surface area contributed by atoms with E-state index in [0.717, 1.165) is 22.0 Å². The van der Waals surface area contributed by atoms with E-state index in [2.05, 4.69) is 4.98 Å². The third-order valence-electron chi connectivity index (χ3n) is 2.84. The number of primary sulfonamides is 1. The maximum absolute atomic E-state index is 11.3. The molecule has 17 heavy (non-hydrogen) atoms. The number of H-pyrrole nitrogens is 1. The average molecular weight is 246 g/mol. The minimum atomic E-state index is -3.66. The van der Waals surface area contributed by atoms with Crippen molar-refractivity contribution in [2.75, 3.05) is 0 Å². The van der Waals surface area contributed by atoms with Gasteiger partial charge in [-0.05, 0) is 29.3 Å². The second-order valence-corrected chi connectivity index (χ2v) is 5.50. The first-order chi connectivity index (χ1) is 8.05. The van der Waals surface area contributed by atoms with Crippen LogP contribution in [0.2, 0.25) is 0 Å². The fourth-order valence-electron chi connectivity index (χ4n) is 2.01. The molecule has 3 rings (SSSR count). The molecule has 1 aromatic rings. The Morgan fingerprint density at radius 2 is 1.94 bits per heavy atom. The first kappa shape index (κ1) is 10.3. The Balaban J connectivity index is 2.43. The number of hydrogen-bond donors (Lipinski definition) is 2. The van der Waals surface area contributed by atoms with Gasteiger partial charge in [-0.2, -0.15) is 0 Å². The minimum Gasteiger partial charge on any atom is -0.361 e. The van der Waals surface area contributed by atoms with Crippen LogP contribution in [-0.4, -0.2) is 13.4 Å². The van der Waals surface area contributed by atoms with Gasteiger partial charge in [-0.15, -0.1) is 0 Å². The normalized spacial score (nSPS) is 12.3. The fourth-order valence-corrected chi connectivity index (χ4v) is 2.55. The van der Waals surface area contributed by atoms with Gasteiger partial charge in [0.15, 0.2) is 0 Å². The highest BCUT2D eigenvalue weighted by atomic mass is 32.2. The highest BCUT2D eigenvalue weighted by molar-refractivity contribution is 7.89. The van der Waals surface area contributed by atoms with E-state index in [4.69, 9.17) is 5.14 Å². The predicted molar refractivity (Wildman–Crippen MR) is 66.3 cm³/mol. The fraction of sp³-hybridized carbons (Fsp3) is 0. The smallest absolute Gasteiger partial charge is 0.238 e. The van der Waals surface area contributed by atoms with Crippen molar-refractivity contribution in [2.45, 2.75) is 4.90 Å². The Kier molecular flexibility index (Phi) is 2.01. The molecule has 0 atom stereocenters. The van der Waals surface area contributed by atoms with Gasteiger partial charge in [0.25, 0.3) is 0 Å². The van der Waals surface area contributed by atoms with Crippen molar-refractivity contribution in [3.8, 4) is 11.1 Å². The van der Waals surface area contributed by atoms with Crippen molar-refractivity contribution in [3.63, 3.8) is 0 Å². The van der Waals surface area contributed by atoms with Crippen molar-refractivity contribution in [1.82, 2.24) is 4.98 Å². The van der Waals surface area contributed by atoms with Gasteiger partial charge < -0.3 is 4.98 Å². The largest absolute Gasteiger partial charge is 0.361 e. The van der Waals surface area contributed by atoms with Crippen LogP contribution in [0.4, 0.5) is 0 Å². The van der Waals surface area contributed by atoms with Gasteiger partial charge in [0, 0.05) is 17.1 Å². The Morgan fingerprint density at radius 1 is 1.12 bits per heavy atom. The van der Waals surface area contributed by atoms with E-state index in [1.54, 1.807) is 12.1 Å². The van der Waals surface area contributed by atoms with Crippen LogP contribution < -0.4 is 5.14 Å². The van der Waals surface area contributed by atoms with E-state index in [9.17, 15) is 8.42 Å². The summed E-state index contributed by atoms with van der Waals surface area (Å²) in [6, 6.07) is 10.7. The van der Waals surface area contributed by atoms with E-state index >= 15 is 0 Å². The van der Waals surface area contributed by atoms with Crippen LogP contribution in [0.1, 0.15) is 0 Å². The molecular weight excluding hydrogens is 236 g/mol. The molecule has 1 aliphatic heterocycles. The summed E-state index contributed by atoms with van der Waals surface area (Å²) in [7, 11) is -3.66. The van der Waals surface area contributed by atoms with E-state index < -0.39 is 10.0 Å². The number of fused-ring (bicyclic) bond motifs is 3. The van der Waals surface area contributed by atoms with Crippen LogP contribution >= 0.6 is 0 Å². The third-order valence-corrected chi connectivity index (χ3v) is 3.75. The number of aromatic nitrogens is 1. The predicted octanol–water partition coefficient (Wildman–Crippen LogP) is 1.92. The van der Waals surface area contributed by atoms with Gasteiger partial charge in [-0.1, -0.05) is 18.2 Å². The Hall–Kier alpha value is -1.85. The van der Waals surface area contributed by atoms with Gasteiger partial charge in [-0.3, -0.25) is 0 Å². The van der Waals surface area contributed by atoms with Crippen LogP contribution in [0, 0.1) is 0 Å². The monoisotopic (exact) mass is 246 g/mol. The Labute approximate surface area is 98.5 Å². The number of hydrogen-bond acceptors (Lipinski definition) is 2. The van der Waals surface area contributed by atoms with Crippen LogP contribution in [-0.2, 0) is 10.0 Å². The van der Waals surface area contributed by atoms with E-state index in [1.807, 2.05) is 24.4 Å². The van der Waals surface area contributed by atoms with E-state index in [-0.39, 0.29) is 4.90 Å². The molecule has 2 aliphatic rings.